The van der Waals surface area contributed by atoms with Crippen molar-refractivity contribution >= 4 is 5.91 Å². The standard InChI is InChI=1S/C17H29N3O2/c1-4-22-12-6-10-20-11-8-15(14(2)13-20)18-17(21)16-7-5-9-19(16)3/h5,7,9,14-15H,4,6,8,10-13H2,1-3H3,(H,18,21). The number of likely N-dealkylation sites (tertiary alicyclic amines) is 1. The van der Waals surface area contributed by atoms with Gasteiger partial charge in [-0.15, -0.1) is 0 Å². The zero-order valence-corrected chi connectivity index (χ0v) is 14.0. The van der Waals surface area contributed by atoms with E-state index >= 15 is 0 Å². The topological polar surface area (TPSA) is 46.5 Å². The molecule has 2 unspecified atom stereocenters. The highest BCUT2D eigenvalue weighted by Gasteiger charge is 2.27. The smallest absolute Gasteiger partial charge is 0.268 e. The van der Waals surface area contributed by atoms with Crippen molar-refractivity contribution in [3.63, 3.8) is 0 Å². The van der Waals surface area contributed by atoms with Crippen LogP contribution in [0.4, 0.5) is 0 Å². The quantitative estimate of drug-likeness (QED) is 0.783. The van der Waals surface area contributed by atoms with Crippen LogP contribution in [-0.4, -0.2) is 54.3 Å². The predicted octanol–water partition coefficient (Wildman–Crippen LogP) is 1.89. The number of nitrogens with one attached hydrogen (secondary N) is 1. The van der Waals surface area contributed by atoms with Gasteiger partial charge in [-0.05, 0) is 37.8 Å². The molecule has 1 saturated heterocycles. The molecule has 1 aromatic heterocycles. The maximum atomic E-state index is 12.3. The lowest BCUT2D eigenvalue weighted by Gasteiger charge is -2.37. The van der Waals surface area contributed by atoms with E-state index in [0.717, 1.165) is 51.4 Å². The van der Waals surface area contributed by atoms with Crippen LogP contribution in [0.25, 0.3) is 0 Å². The van der Waals surface area contributed by atoms with Crippen molar-refractivity contribution in [1.82, 2.24) is 14.8 Å². The Labute approximate surface area is 133 Å². The molecule has 1 aromatic rings. The van der Waals surface area contributed by atoms with Crippen LogP contribution in [0.2, 0.25) is 0 Å². The fourth-order valence-corrected chi connectivity index (χ4v) is 3.12. The molecule has 1 N–H and O–H groups in total. The van der Waals surface area contributed by atoms with Gasteiger partial charge in [0.15, 0.2) is 0 Å². The summed E-state index contributed by atoms with van der Waals surface area (Å²) < 4.78 is 7.26. The van der Waals surface area contributed by atoms with Gasteiger partial charge in [0.25, 0.3) is 5.91 Å². The highest BCUT2D eigenvalue weighted by molar-refractivity contribution is 5.92. The molecule has 5 heteroatoms. The lowest BCUT2D eigenvalue weighted by Crippen LogP contribution is -2.50. The van der Waals surface area contributed by atoms with E-state index in [-0.39, 0.29) is 11.9 Å². The first-order valence-corrected chi connectivity index (χ1v) is 8.34. The van der Waals surface area contributed by atoms with E-state index < -0.39 is 0 Å². The van der Waals surface area contributed by atoms with E-state index in [2.05, 4.69) is 17.1 Å². The summed E-state index contributed by atoms with van der Waals surface area (Å²) in [5, 5.41) is 3.20. The molecular weight excluding hydrogens is 278 g/mol. The van der Waals surface area contributed by atoms with E-state index in [0.29, 0.717) is 5.92 Å². The summed E-state index contributed by atoms with van der Waals surface area (Å²) in [6, 6.07) is 4.04. The first-order valence-electron chi connectivity index (χ1n) is 8.34. The highest BCUT2D eigenvalue weighted by atomic mass is 16.5. The molecule has 2 rings (SSSR count). The maximum absolute atomic E-state index is 12.3. The molecule has 0 aliphatic carbocycles. The van der Waals surface area contributed by atoms with Gasteiger partial charge in [0.05, 0.1) is 0 Å². The molecule has 1 amide bonds. The Hall–Kier alpha value is -1.33. The molecule has 0 bridgehead atoms. The molecule has 0 aromatic carbocycles. The Bertz CT molecular complexity index is 472. The zero-order valence-electron chi connectivity index (χ0n) is 14.0. The van der Waals surface area contributed by atoms with E-state index in [1.165, 1.54) is 0 Å². The maximum Gasteiger partial charge on any atom is 0.268 e. The zero-order chi connectivity index (χ0) is 15.9. The van der Waals surface area contributed by atoms with Gasteiger partial charge in [-0.2, -0.15) is 0 Å². The molecule has 0 saturated carbocycles. The number of piperidine rings is 1. The van der Waals surface area contributed by atoms with Crippen LogP contribution < -0.4 is 5.32 Å². The number of nitrogens with zero attached hydrogens (tertiary/aromatic N) is 2. The predicted molar refractivity (Wildman–Crippen MR) is 88.0 cm³/mol. The molecule has 0 radical (unpaired) electrons. The molecule has 0 spiro atoms. The van der Waals surface area contributed by atoms with Gasteiger partial charge in [0, 0.05) is 52.1 Å². The van der Waals surface area contributed by atoms with Crippen molar-refractivity contribution < 1.29 is 9.53 Å². The molecule has 5 nitrogen and oxygen atoms in total. The third kappa shape index (κ3) is 4.58. The summed E-state index contributed by atoms with van der Waals surface area (Å²) >= 11 is 0. The van der Waals surface area contributed by atoms with Crippen LogP contribution in [0.3, 0.4) is 0 Å². The van der Waals surface area contributed by atoms with Crippen LogP contribution >= 0.6 is 0 Å². The Morgan fingerprint density at radius 3 is 2.95 bits per heavy atom. The lowest BCUT2D eigenvalue weighted by molar-refractivity contribution is 0.0836. The van der Waals surface area contributed by atoms with Crippen molar-refractivity contribution in [2.24, 2.45) is 13.0 Å². The number of aromatic nitrogens is 1. The van der Waals surface area contributed by atoms with Gasteiger partial charge >= 0.3 is 0 Å². The van der Waals surface area contributed by atoms with Gasteiger partial charge in [-0.1, -0.05) is 6.92 Å². The number of aryl methyl sites for hydroxylation is 1. The summed E-state index contributed by atoms with van der Waals surface area (Å²) in [5.41, 5.74) is 0.728. The van der Waals surface area contributed by atoms with Crippen LogP contribution in [0.1, 0.15) is 37.2 Å². The van der Waals surface area contributed by atoms with Crippen molar-refractivity contribution in [2.45, 2.75) is 32.7 Å². The van der Waals surface area contributed by atoms with Gasteiger partial charge in [0.1, 0.15) is 5.69 Å². The van der Waals surface area contributed by atoms with E-state index in [9.17, 15) is 4.79 Å². The average molecular weight is 307 g/mol. The summed E-state index contributed by atoms with van der Waals surface area (Å²) in [5.74, 6) is 0.513. The van der Waals surface area contributed by atoms with Crippen molar-refractivity contribution in [3.8, 4) is 0 Å². The third-order valence-electron chi connectivity index (χ3n) is 4.45. The Morgan fingerprint density at radius 2 is 2.32 bits per heavy atom. The first kappa shape index (κ1) is 17.0. The third-order valence-corrected chi connectivity index (χ3v) is 4.45. The van der Waals surface area contributed by atoms with E-state index in [1.807, 2.05) is 36.9 Å². The average Bonchev–Trinajstić information content (AvgIpc) is 2.92. The van der Waals surface area contributed by atoms with E-state index in [1.54, 1.807) is 0 Å². The second-order valence-electron chi connectivity index (χ2n) is 6.20. The second-order valence-corrected chi connectivity index (χ2v) is 6.20. The van der Waals surface area contributed by atoms with Gasteiger partial charge in [-0.25, -0.2) is 0 Å². The molecule has 1 aliphatic heterocycles. The molecule has 124 valence electrons. The van der Waals surface area contributed by atoms with Crippen LogP contribution in [0, 0.1) is 5.92 Å². The number of amides is 1. The van der Waals surface area contributed by atoms with Crippen LogP contribution in [0.15, 0.2) is 18.3 Å². The minimum absolute atomic E-state index is 0.0362. The Balaban J connectivity index is 1.76. The number of hydrogen-bond acceptors (Lipinski definition) is 3. The number of hydrogen-bond donors (Lipinski definition) is 1. The van der Waals surface area contributed by atoms with E-state index in [4.69, 9.17) is 4.74 Å². The van der Waals surface area contributed by atoms with Crippen LogP contribution in [0.5, 0.6) is 0 Å². The van der Waals surface area contributed by atoms with Gasteiger partial charge in [0.2, 0.25) is 0 Å². The highest BCUT2D eigenvalue weighted by Crippen LogP contribution is 2.17. The molecule has 1 fully saturated rings. The SMILES string of the molecule is CCOCCCN1CCC(NC(=O)c2cccn2C)C(C)C1. The molecule has 1 aliphatic rings. The fourth-order valence-electron chi connectivity index (χ4n) is 3.12. The van der Waals surface area contributed by atoms with Gasteiger partial charge < -0.3 is 19.5 Å². The molecular formula is C17H29N3O2. The molecule has 22 heavy (non-hydrogen) atoms. The summed E-state index contributed by atoms with van der Waals surface area (Å²) in [6.45, 7) is 9.08. The van der Waals surface area contributed by atoms with Crippen molar-refractivity contribution in [3.05, 3.63) is 24.0 Å². The second kappa shape index (κ2) is 8.34. The molecule has 2 heterocycles. The fraction of sp³-hybridized carbons (Fsp3) is 0.706. The monoisotopic (exact) mass is 307 g/mol. The number of carbonyl (C=O) groups is 1. The summed E-state index contributed by atoms with van der Waals surface area (Å²) in [6.07, 6.45) is 4.01. The van der Waals surface area contributed by atoms with Gasteiger partial charge in [-0.3, -0.25) is 4.79 Å². The number of rotatable bonds is 7. The summed E-state index contributed by atoms with van der Waals surface area (Å²) in [7, 11) is 1.90. The number of carbonyl (C=O) groups excluding carboxylic acids is 1. The van der Waals surface area contributed by atoms with Crippen LogP contribution in [-0.2, 0) is 11.8 Å². The lowest BCUT2D eigenvalue weighted by atomic mass is 9.93. The summed E-state index contributed by atoms with van der Waals surface area (Å²) in [4.78, 5) is 14.8. The van der Waals surface area contributed by atoms with Crippen molar-refractivity contribution in [2.75, 3.05) is 32.8 Å². The van der Waals surface area contributed by atoms with Crippen molar-refractivity contribution in [1.29, 1.82) is 0 Å². The Morgan fingerprint density at radius 1 is 1.50 bits per heavy atom. The number of ether oxygens (including phenoxy) is 1. The minimum Gasteiger partial charge on any atom is -0.382 e. The minimum atomic E-state index is 0.0362. The normalized spacial score (nSPS) is 22.7. The molecule has 2 atom stereocenters. The first-order chi connectivity index (χ1) is 10.6. The largest absolute Gasteiger partial charge is 0.382 e. The Kier molecular flexibility index (Phi) is 6.46.